The predicted molar refractivity (Wildman–Crippen MR) is 71.5 cm³/mol. The normalized spacial score (nSPS) is 25.2. The minimum absolute atomic E-state index is 0.683. The molecule has 0 aromatic rings. The maximum atomic E-state index is 8.59. The first-order chi connectivity index (χ1) is 9.37. The van der Waals surface area contributed by atoms with E-state index in [-0.39, 0.29) is 0 Å². The maximum absolute atomic E-state index is 8.59. The fourth-order valence-electron chi connectivity index (χ4n) is 1.65. The van der Waals surface area contributed by atoms with Gasteiger partial charge < -0.3 is 4.74 Å². The van der Waals surface area contributed by atoms with E-state index in [1.54, 1.807) is 18.2 Å². The molecule has 0 spiro atoms. The summed E-state index contributed by atoms with van der Waals surface area (Å²) in [4.78, 5) is 4.88. The van der Waals surface area contributed by atoms with Crippen LogP contribution >= 0.6 is 0 Å². The van der Waals surface area contributed by atoms with Crippen LogP contribution in [0.5, 0.6) is 0 Å². The summed E-state index contributed by atoms with van der Waals surface area (Å²) in [5.41, 5.74) is 0.683. The monoisotopic (exact) mass is 258 g/mol. The minimum Gasteiger partial charge on any atom is -0.459 e. The van der Waals surface area contributed by atoms with Crippen molar-refractivity contribution in [3.05, 3.63) is 84.7 Å². The topological polar surface area (TPSA) is 47.9 Å². The number of ether oxygens (including phenoxy) is 1. The molecule has 0 bridgehead atoms. The van der Waals surface area contributed by atoms with E-state index in [2.05, 4.69) is 5.04 Å². The predicted octanol–water partition coefficient (Wildman–Crippen LogP) is 3.37. The summed E-state index contributed by atoms with van der Waals surface area (Å²) in [7, 11) is 0. The van der Waals surface area contributed by atoms with Crippen LogP contribution in [0.1, 0.15) is 0 Å². The molecule has 0 amide bonds. The molecular formula is C15H14O4. The summed E-state index contributed by atoms with van der Waals surface area (Å²) >= 11 is 0. The van der Waals surface area contributed by atoms with Crippen molar-refractivity contribution in [1.29, 1.82) is 0 Å². The lowest BCUT2D eigenvalue weighted by molar-refractivity contribution is -0.537. The number of hydrogen-bond donors (Lipinski definition) is 1. The van der Waals surface area contributed by atoms with Crippen LogP contribution in [0.2, 0.25) is 0 Å². The zero-order chi connectivity index (χ0) is 13.4. The Bertz CT molecular complexity index is 506. The third kappa shape index (κ3) is 3.42. The highest BCUT2D eigenvalue weighted by Gasteiger charge is 2.36. The molecule has 4 nitrogen and oxygen atoms in total. The fraction of sp³-hybridized carbons (Fsp3) is 0.0667. The Kier molecular flexibility index (Phi) is 4.69. The summed E-state index contributed by atoms with van der Waals surface area (Å²) in [6.45, 7) is 0. The van der Waals surface area contributed by atoms with Crippen molar-refractivity contribution in [1.82, 2.24) is 0 Å². The first-order valence-corrected chi connectivity index (χ1v) is 5.78. The van der Waals surface area contributed by atoms with Gasteiger partial charge in [-0.05, 0) is 18.2 Å². The summed E-state index contributed by atoms with van der Waals surface area (Å²) in [6, 6.07) is 0. The highest BCUT2D eigenvalue weighted by Crippen LogP contribution is 2.30. The lowest BCUT2D eigenvalue weighted by Crippen LogP contribution is -2.35. The van der Waals surface area contributed by atoms with Gasteiger partial charge in [0.1, 0.15) is 0 Å². The molecule has 0 aromatic carbocycles. The van der Waals surface area contributed by atoms with Gasteiger partial charge in [0.05, 0.1) is 6.26 Å². The average molecular weight is 258 g/mol. The molecule has 2 rings (SSSR count). The van der Waals surface area contributed by atoms with Crippen LogP contribution in [0.4, 0.5) is 0 Å². The summed E-state index contributed by atoms with van der Waals surface area (Å²) in [5.74, 6) is -1.30. The van der Waals surface area contributed by atoms with Crippen LogP contribution in [0.3, 0.4) is 0 Å². The second-order valence-corrected chi connectivity index (χ2v) is 3.77. The van der Waals surface area contributed by atoms with E-state index in [1.165, 1.54) is 6.26 Å². The van der Waals surface area contributed by atoms with Gasteiger partial charge in [-0.1, -0.05) is 59.7 Å². The molecule has 4 heteroatoms. The van der Waals surface area contributed by atoms with Crippen LogP contribution < -0.4 is 0 Å². The van der Waals surface area contributed by atoms with Crippen LogP contribution in [-0.4, -0.2) is 11.0 Å². The molecule has 0 aromatic heterocycles. The van der Waals surface area contributed by atoms with Crippen LogP contribution in [0.15, 0.2) is 84.7 Å². The molecule has 1 atom stereocenters. The second-order valence-electron chi connectivity index (χ2n) is 3.77. The quantitative estimate of drug-likeness (QED) is 0.609. The molecule has 19 heavy (non-hydrogen) atoms. The van der Waals surface area contributed by atoms with Crippen molar-refractivity contribution in [2.75, 3.05) is 0 Å². The smallest absolute Gasteiger partial charge is 0.288 e. The standard InChI is InChI=1S/C15H14O4/c16-19-18-15-12-8-6-4-2-1-3-5-7-10-14(15)11-9-13-17-15/h1-13,16H. The molecule has 0 saturated heterocycles. The van der Waals surface area contributed by atoms with Gasteiger partial charge in [0.15, 0.2) is 0 Å². The van der Waals surface area contributed by atoms with Gasteiger partial charge in [0, 0.05) is 5.57 Å². The molecule has 1 N–H and O–H groups in total. The van der Waals surface area contributed by atoms with Gasteiger partial charge in [-0.15, -0.1) is 4.89 Å². The van der Waals surface area contributed by atoms with Gasteiger partial charge in [0.2, 0.25) is 0 Å². The van der Waals surface area contributed by atoms with E-state index in [0.29, 0.717) is 5.57 Å². The van der Waals surface area contributed by atoms with Crippen molar-refractivity contribution < 1.29 is 19.9 Å². The first-order valence-electron chi connectivity index (χ1n) is 5.78. The molecule has 1 unspecified atom stereocenters. The molecular weight excluding hydrogens is 244 g/mol. The van der Waals surface area contributed by atoms with Crippen LogP contribution in [0, 0.1) is 0 Å². The number of allylic oxidation sites excluding steroid dienone is 10. The molecule has 1 heterocycles. The highest BCUT2D eigenvalue weighted by atomic mass is 17.5. The van der Waals surface area contributed by atoms with Crippen molar-refractivity contribution in [2.45, 2.75) is 5.79 Å². The van der Waals surface area contributed by atoms with E-state index >= 15 is 0 Å². The van der Waals surface area contributed by atoms with E-state index < -0.39 is 5.79 Å². The minimum atomic E-state index is -1.30. The lowest BCUT2D eigenvalue weighted by atomic mass is 10.0. The molecule has 0 saturated carbocycles. The third-order valence-corrected chi connectivity index (χ3v) is 2.53. The van der Waals surface area contributed by atoms with E-state index in [1.807, 2.05) is 54.7 Å². The van der Waals surface area contributed by atoms with Gasteiger partial charge in [0.25, 0.3) is 5.79 Å². The zero-order valence-electron chi connectivity index (χ0n) is 10.2. The lowest BCUT2D eigenvalue weighted by Gasteiger charge is -2.29. The first kappa shape index (κ1) is 13.3. The number of hydrogen-bond acceptors (Lipinski definition) is 4. The SMILES string of the molecule is OOOC12C=CC=CC=CC=CC=CC1=CC=CO2. The third-order valence-electron chi connectivity index (χ3n) is 2.53. The van der Waals surface area contributed by atoms with Crippen molar-refractivity contribution >= 4 is 0 Å². The van der Waals surface area contributed by atoms with Gasteiger partial charge in [-0.25, -0.2) is 5.26 Å². The number of fused-ring (bicyclic) bond motifs is 1. The summed E-state index contributed by atoms with van der Waals surface area (Å²) in [5, 5.41) is 12.4. The molecule has 2 aliphatic rings. The fourth-order valence-corrected chi connectivity index (χ4v) is 1.65. The Morgan fingerprint density at radius 1 is 0.895 bits per heavy atom. The highest BCUT2D eigenvalue weighted by molar-refractivity contribution is 5.39. The Hall–Kier alpha value is -2.14. The summed E-state index contributed by atoms with van der Waals surface area (Å²) < 4.78 is 5.44. The van der Waals surface area contributed by atoms with Crippen LogP contribution in [0.25, 0.3) is 0 Å². The number of rotatable bonds is 2. The molecule has 98 valence electrons. The van der Waals surface area contributed by atoms with Crippen molar-refractivity contribution in [3.8, 4) is 0 Å². The molecule has 0 radical (unpaired) electrons. The maximum Gasteiger partial charge on any atom is 0.288 e. The van der Waals surface area contributed by atoms with Gasteiger partial charge in [-0.2, -0.15) is 0 Å². The Morgan fingerprint density at radius 3 is 2.32 bits per heavy atom. The second kappa shape index (κ2) is 6.70. The molecule has 1 aliphatic carbocycles. The average Bonchev–Trinajstić information content (AvgIpc) is 2.41. The van der Waals surface area contributed by atoms with Crippen molar-refractivity contribution in [2.24, 2.45) is 0 Å². The Labute approximate surface area is 111 Å². The van der Waals surface area contributed by atoms with Crippen molar-refractivity contribution in [3.63, 3.8) is 0 Å². The Morgan fingerprint density at radius 2 is 1.58 bits per heavy atom. The van der Waals surface area contributed by atoms with E-state index in [9.17, 15) is 0 Å². The van der Waals surface area contributed by atoms with E-state index in [0.717, 1.165) is 0 Å². The molecule has 0 fully saturated rings. The van der Waals surface area contributed by atoms with Gasteiger partial charge >= 0.3 is 0 Å². The Balaban J connectivity index is 2.40. The largest absolute Gasteiger partial charge is 0.459 e. The summed E-state index contributed by atoms with van der Waals surface area (Å²) in [6.07, 6.45) is 23.3. The zero-order valence-corrected chi connectivity index (χ0v) is 10.2. The van der Waals surface area contributed by atoms with E-state index in [4.69, 9.17) is 14.9 Å². The van der Waals surface area contributed by atoms with Crippen LogP contribution in [-0.2, 0) is 14.7 Å². The molecule has 1 aliphatic heterocycles. The van der Waals surface area contributed by atoms with Gasteiger partial charge in [-0.3, -0.25) is 0 Å².